The van der Waals surface area contributed by atoms with E-state index in [4.69, 9.17) is 9.47 Å². The zero-order valence-corrected chi connectivity index (χ0v) is 15.5. The van der Waals surface area contributed by atoms with Crippen LogP contribution in [-0.2, 0) is 0 Å². The van der Waals surface area contributed by atoms with Crippen molar-refractivity contribution in [2.45, 2.75) is 18.9 Å². The van der Waals surface area contributed by atoms with Crippen molar-refractivity contribution in [3.05, 3.63) is 53.1 Å². The summed E-state index contributed by atoms with van der Waals surface area (Å²) in [5.41, 5.74) is 1.78. The van der Waals surface area contributed by atoms with Crippen LogP contribution in [0.1, 0.15) is 18.9 Å². The number of hydrogen-bond acceptors (Lipinski definition) is 6. The molecule has 0 N–H and O–H groups in total. The van der Waals surface area contributed by atoms with E-state index >= 15 is 0 Å². The first kappa shape index (κ1) is 17.3. The van der Waals surface area contributed by atoms with E-state index in [-0.39, 0.29) is 11.6 Å². The highest BCUT2D eigenvalue weighted by Gasteiger charge is 2.24. The number of rotatable bonds is 4. The Bertz CT molecular complexity index is 1020. The monoisotopic (exact) mass is 366 g/mol. The molecule has 0 amide bonds. The van der Waals surface area contributed by atoms with Gasteiger partial charge in [-0.05, 0) is 25.0 Å². The van der Waals surface area contributed by atoms with Gasteiger partial charge in [0.05, 0.1) is 37.7 Å². The molecular formula is C20H22N4O3. The van der Waals surface area contributed by atoms with Gasteiger partial charge in [0.25, 0.3) is 5.56 Å². The Balaban J connectivity index is 1.73. The van der Waals surface area contributed by atoms with Crippen molar-refractivity contribution in [1.82, 2.24) is 14.8 Å². The standard InChI is InChI=1S/C20H22N4O3/c1-26-18-10-15-16(11-19(18)27-2)22-21-12-17(15)23-8-5-6-14(13-23)24-9-4-3-7-20(24)25/h3-4,7,9-12,14H,5-6,8,13H2,1-2H3. The van der Waals surface area contributed by atoms with Crippen LogP contribution in [0, 0.1) is 0 Å². The second-order valence-corrected chi connectivity index (χ2v) is 6.64. The summed E-state index contributed by atoms with van der Waals surface area (Å²) in [7, 11) is 3.23. The second kappa shape index (κ2) is 7.26. The van der Waals surface area contributed by atoms with E-state index in [1.165, 1.54) is 0 Å². The van der Waals surface area contributed by atoms with Gasteiger partial charge >= 0.3 is 0 Å². The molecule has 140 valence electrons. The minimum atomic E-state index is 0.0356. The van der Waals surface area contributed by atoms with Gasteiger partial charge < -0.3 is 18.9 Å². The molecule has 0 radical (unpaired) electrons. The van der Waals surface area contributed by atoms with Crippen LogP contribution in [0.3, 0.4) is 0 Å². The van der Waals surface area contributed by atoms with Gasteiger partial charge in [-0.3, -0.25) is 4.79 Å². The molecule has 7 nitrogen and oxygen atoms in total. The van der Waals surface area contributed by atoms with Crippen molar-refractivity contribution in [3.63, 3.8) is 0 Å². The molecule has 1 saturated heterocycles. The number of benzene rings is 1. The molecule has 27 heavy (non-hydrogen) atoms. The quantitative estimate of drug-likeness (QED) is 0.707. The summed E-state index contributed by atoms with van der Waals surface area (Å²) in [6, 6.07) is 9.21. The van der Waals surface area contributed by atoms with Gasteiger partial charge in [0, 0.05) is 36.8 Å². The summed E-state index contributed by atoms with van der Waals surface area (Å²) in [6.07, 6.45) is 5.63. The van der Waals surface area contributed by atoms with Gasteiger partial charge in [-0.2, -0.15) is 10.2 Å². The zero-order valence-electron chi connectivity index (χ0n) is 15.5. The molecule has 0 bridgehead atoms. The molecule has 7 heteroatoms. The summed E-state index contributed by atoms with van der Waals surface area (Å²) in [4.78, 5) is 14.5. The maximum absolute atomic E-state index is 12.2. The molecule has 1 aromatic carbocycles. The van der Waals surface area contributed by atoms with Gasteiger partial charge in [-0.25, -0.2) is 0 Å². The van der Waals surface area contributed by atoms with Gasteiger partial charge in [0.15, 0.2) is 11.5 Å². The fraction of sp³-hybridized carbons (Fsp3) is 0.350. The molecule has 0 saturated carbocycles. The summed E-state index contributed by atoms with van der Waals surface area (Å²) >= 11 is 0. The smallest absolute Gasteiger partial charge is 0.250 e. The first-order valence-corrected chi connectivity index (χ1v) is 9.01. The minimum absolute atomic E-state index is 0.0356. The van der Waals surface area contributed by atoms with Crippen molar-refractivity contribution in [1.29, 1.82) is 0 Å². The van der Waals surface area contributed by atoms with E-state index in [0.29, 0.717) is 11.5 Å². The van der Waals surface area contributed by atoms with Gasteiger partial charge in [-0.1, -0.05) is 6.07 Å². The summed E-state index contributed by atoms with van der Waals surface area (Å²) in [5, 5.41) is 9.38. The van der Waals surface area contributed by atoms with Crippen molar-refractivity contribution in [2.75, 3.05) is 32.2 Å². The van der Waals surface area contributed by atoms with Crippen molar-refractivity contribution in [3.8, 4) is 11.5 Å². The van der Waals surface area contributed by atoms with E-state index in [1.54, 1.807) is 32.5 Å². The number of piperidine rings is 1. The third-order valence-corrected chi connectivity index (χ3v) is 5.10. The molecule has 4 rings (SSSR count). The number of hydrogen-bond donors (Lipinski definition) is 0. The van der Waals surface area contributed by atoms with E-state index in [9.17, 15) is 4.79 Å². The molecule has 3 aromatic rings. The first-order chi connectivity index (χ1) is 13.2. The Hall–Kier alpha value is -3.09. The number of fused-ring (bicyclic) bond motifs is 1. The molecule has 0 aliphatic carbocycles. The third-order valence-electron chi connectivity index (χ3n) is 5.10. The van der Waals surface area contributed by atoms with Crippen LogP contribution in [0.2, 0.25) is 0 Å². The summed E-state index contributed by atoms with van der Waals surface area (Å²) in [6.45, 7) is 1.66. The van der Waals surface area contributed by atoms with Crippen LogP contribution >= 0.6 is 0 Å². The van der Waals surface area contributed by atoms with Crippen LogP contribution in [0.15, 0.2) is 47.5 Å². The summed E-state index contributed by atoms with van der Waals surface area (Å²) < 4.78 is 12.7. The van der Waals surface area contributed by atoms with E-state index in [1.807, 2.05) is 29.0 Å². The molecule has 1 unspecified atom stereocenters. The average molecular weight is 366 g/mol. The SMILES string of the molecule is COc1cc2nncc(N3CCCC(n4ccccc4=O)C3)c2cc1OC. The Morgan fingerprint density at radius 1 is 1.15 bits per heavy atom. The molecule has 1 fully saturated rings. The lowest BCUT2D eigenvalue weighted by Crippen LogP contribution is -2.39. The lowest BCUT2D eigenvalue weighted by atomic mass is 10.0. The largest absolute Gasteiger partial charge is 0.493 e. The third kappa shape index (κ3) is 3.20. The van der Waals surface area contributed by atoms with E-state index in [2.05, 4.69) is 15.1 Å². The highest BCUT2D eigenvalue weighted by molar-refractivity contribution is 5.93. The highest BCUT2D eigenvalue weighted by atomic mass is 16.5. The van der Waals surface area contributed by atoms with Gasteiger partial charge in [-0.15, -0.1) is 0 Å². The molecule has 1 aliphatic heterocycles. The lowest BCUT2D eigenvalue weighted by Gasteiger charge is -2.35. The van der Waals surface area contributed by atoms with Crippen molar-refractivity contribution < 1.29 is 9.47 Å². The number of aromatic nitrogens is 3. The van der Waals surface area contributed by atoms with Crippen molar-refractivity contribution >= 4 is 16.6 Å². The van der Waals surface area contributed by atoms with Crippen LogP contribution in [0.5, 0.6) is 11.5 Å². The molecule has 3 heterocycles. The molecule has 2 aromatic heterocycles. The average Bonchev–Trinajstić information content (AvgIpc) is 2.72. The fourth-order valence-corrected chi connectivity index (χ4v) is 3.77. The number of anilines is 1. The van der Waals surface area contributed by atoms with Gasteiger partial charge in [0.2, 0.25) is 0 Å². The second-order valence-electron chi connectivity index (χ2n) is 6.64. The van der Waals surface area contributed by atoms with Crippen LogP contribution in [0.4, 0.5) is 5.69 Å². The lowest BCUT2D eigenvalue weighted by molar-refractivity contribution is 0.355. The maximum atomic E-state index is 12.2. The Morgan fingerprint density at radius 3 is 2.74 bits per heavy atom. The first-order valence-electron chi connectivity index (χ1n) is 9.01. The van der Waals surface area contributed by atoms with Crippen LogP contribution in [0.25, 0.3) is 10.9 Å². The molecule has 0 spiro atoms. The van der Waals surface area contributed by atoms with Crippen LogP contribution < -0.4 is 19.9 Å². The fourth-order valence-electron chi connectivity index (χ4n) is 3.77. The molecular weight excluding hydrogens is 344 g/mol. The normalized spacial score (nSPS) is 17.1. The van der Waals surface area contributed by atoms with Gasteiger partial charge in [0.1, 0.15) is 0 Å². The van der Waals surface area contributed by atoms with E-state index in [0.717, 1.165) is 42.5 Å². The molecule has 1 aliphatic rings. The number of methoxy groups -OCH3 is 2. The Morgan fingerprint density at radius 2 is 1.96 bits per heavy atom. The highest BCUT2D eigenvalue weighted by Crippen LogP contribution is 2.36. The molecule has 1 atom stereocenters. The maximum Gasteiger partial charge on any atom is 0.250 e. The number of pyridine rings is 1. The predicted molar refractivity (Wildman–Crippen MR) is 104 cm³/mol. The predicted octanol–water partition coefficient (Wildman–Crippen LogP) is 2.65. The van der Waals surface area contributed by atoms with Crippen molar-refractivity contribution in [2.24, 2.45) is 0 Å². The van der Waals surface area contributed by atoms with E-state index < -0.39 is 0 Å². The number of ether oxygens (including phenoxy) is 2. The van der Waals surface area contributed by atoms with Crippen LogP contribution in [-0.4, -0.2) is 42.1 Å². The topological polar surface area (TPSA) is 69.5 Å². The number of nitrogens with zero attached hydrogens (tertiary/aromatic N) is 4. The minimum Gasteiger partial charge on any atom is -0.493 e. The summed E-state index contributed by atoms with van der Waals surface area (Å²) in [5.74, 6) is 1.29. The Labute approximate surface area is 157 Å². The Kier molecular flexibility index (Phi) is 4.66. The zero-order chi connectivity index (χ0) is 18.8.